The van der Waals surface area contributed by atoms with Gasteiger partial charge in [-0.25, -0.2) is 9.97 Å². The van der Waals surface area contributed by atoms with E-state index in [1.165, 1.54) is 0 Å². The van der Waals surface area contributed by atoms with Crippen molar-refractivity contribution in [3.8, 4) is 17.1 Å². The molecule has 0 atom stereocenters. The minimum absolute atomic E-state index is 0.504. The molecule has 0 aliphatic heterocycles. The molecule has 2 aromatic heterocycles. The van der Waals surface area contributed by atoms with Crippen LogP contribution in [0.25, 0.3) is 22.4 Å². The van der Waals surface area contributed by atoms with E-state index in [9.17, 15) is 0 Å². The number of fused-ring (bicyclic) bond motifs is 1. The zero-order valence-corrected chi connectivity index (χ0v) is 10.8. The third-order valence-electron chi connectivity index (χ3n) is 3.13. The van der Waals surface area contributed by atoms with E-state index >= 15 is 0 Å². The normalized spacial score (nSPS) is 10.8. The van der Waals surface area contributed by atoms with Crippen LogP contribution in [-0.4, -0.2) is 21.6 Å². The van der Waals surface area contributed by atoms with Gasteiger partial charge in [0.05, 0.1) is 18.1 Å². The van der Waals surface area contributed by atoms with Gasteiger partial charge >= 0.3 is 0 Å². The maximum Gasteiger partial charge on any atom is 0.142 e. The molecule has 1 aromatic carbocycles. The van der Waals surface area contributed by atoms with Crippen LogP contribution in [0, 0.1) is 0 Å². The first-order valence-electron chi connectivity index (χ1n) is 5.91. The van der Waals surface area contributed by atoms with Gasteiger partial charge in [-0.05, 0) is 24.3 Å². The summed E-state index contributed by atoms with van der Waals surface area (Å²) < 4.78 is 7.24. The molecule has 0 bridgehead atoms. The van der Waals surface area contributed by atoms with Gasteiger partial charge in [-0.3, -0.25) is 0 Å². The number of hydrogen-bond acceptors (Lipinski definition) is 4. The smallest absolute Gasteiger partial charge is 0.142 e. The Labute approximate surface area is 110 Å². The number of anilines is 1. The molecule has 2 N–H and O–H groups in total. The van der Waals surface area contributed by atoms with E-state index in [1.54, 1.807) is 19.4 Å². The summed E-state index contributed by atoms with van der Waals surface area (Å²) in [5.74, 6) is 2.16. The predicted molar refractivity (Wildman–Crippen MR) is 74.9 cm³/mol. The number of methoxy groups -OCH3 is 1. The molecule has 0 aliphatic carbocycles. The summed E-state index contributed by atoms with van der Waals surface area (Å²) in [5.41, 5.74) is 8.48. The summed E-state index contributed by atoms with van der Waals surface area (Å²) in [6.07, 6.45) is 1.73. The lowest BCUT2D eigenvalue weighted by Crippen LogP contribution is -1.94. The van der Waals surface area contributed by atoms with E-state index in [4.69, 9.17) is 10.5 Å². The van der Waals surface area contributed by atoms with Gasteiger partial charge in [0.1, 0.15) is 17.4 Å². The van der Waals surface area contributed by atoms with E-state index in [0.29, 0.717) is 5.82 Å². The van der Waals surface area contributed by atoms with Gasteiger partial charge in [-0.1, -0.05) is 0 Å². The van der Waals surface area contributed by atoms with Crippen LogP contribution in [0.2, 0.25) is 0 Å². The third-order valence-corrected chi connectivity index (χ3v) is 3.13. The average Bonchev–Trinajstić information content (AvgIpc) is 2.76. The predicted octanol–water partition coefficient (Wildman–Crippen LogP) is 2.23. The van der Waals surface area contributed by atoms with E-state index in [2.05, 4.69) is 9.97 Å². The van der Waals surface area contributed by atoms with E-state index in [0.717, 1.165) is 28.2 Å². The number of nitrogen functional groups attached to an aromatic ring is 1. The van der Waals surface area contributed by atoms with E-state index in [1.807, 2.05) is 35.9 Å². The molecule has 5 heteroatoms. The van der Waals surface area contributed by atoms with Crippen molar-refractivity contribution in [3.63, 3.8) is 0 Å². The van der Waals surface area contributed by atoms with Gasteiger partial charge in [-0.2, -0.15) is 0 Å². The summed E-state index contributed by atoms with van der Waals surface area (Å²) in [5, 5.41) is 0. The molecule has 0 saturated carbocycles. The molecule has 0 aliphatic rings. The number of nitrogens with zero attached hydrogens (tertiary/aromatic N) is 3. The van der Waals surface area contributed by atoms with Gasteiger partial charge in [0, 0.05) is 24.9 Å². The number of rotatable bonds is 2. The minimum Gasteiger partial charge on any atom is -0.497 e. The second-order valence-corrected chi connectivity index (χ2v) is 4.32. The van der Waals surface area contributed by atoms with Gasteiger partial charge in [0.25, 0.3) is 0 Å². The molecule has 3 rings (SSSR count). The summed E-state index contributed by atoms with van der Waals surface area (Å²) in [6, 6.07) is 9.53. The van der Waals surface area contributed by atoms with Gasteiger partial charge in [0.2, 0.25) is 0 Å². The monoisotopic (exact) mass is 254 g/mol. The van der Waals surface area contributed by atoms with E-state index < -0.39 is 0 Å². The van der Waals surface area contributed by atoms with Crippen molar-refractivity contribution in [1.82, 2.24) is 14.5 Å². The fraction of sp³-hybridized carbons (Fsp3) is 0.143. The van der Waals surface area contributed by atoms with Crippen molar-refractivity contribution < 1.29 is 4.74 Å². The average molecular weight is 254 g/mol. The second kappa shape index (κ2) is 4.28. The lowest BCUT2D eigenvalue weighted by molar-refractivity contribution is 0.415. The standard InChI is InChI=1S/C14H14N4O/c1-18-12-5-4-10(19-2)7-11(12)17-14(18)9-3-6-13(15)16-8-9/h3-8H,1-2H3,(H2,15,16). The number of aromatic nitrogens is 3. The number of benzene rings is 1. The van der Waals surface area contributed by atoms with Crippen LogP contribution in [0.1, 0.15) is 0 Å². The van der Waals surface area contributed by atoms with E-state index in [-0.39, 0.29) is 0 Å². The van der Waals surface area contributed by atoms with Crippen molar-refractivity contribution in [2.45, 2.75) is 0 Å². The summed E-state index contributed by atoms with van der Waals surface area (Å²) in [6.45, 7) is 0. The molecule has 0 radical (unpaired) electrons. The summed E-state index contributed by atoms with van der Waals surface area (Å²) in [7, 11) is 3.63. The Bertz CT molecular complexity index is 731. The summed E-state index contributed by atoms with van der Waals surface area (Å²) in [4.78, 5) is 8.72. The molecule has 3 aromatic rings. The highest BCUT2D eigenvalue weighted by molar-refractivity contribution is 5.81. The Morgan fingerprint density at radius 1 is 1.21 bits per heavy atom. The fourth-order valence-corrected chi connectivity index (χ4v) is 2.10. The molecule has 2 heterocycles. The first-order valence-corrected chi connectivity index (χ1v) is 5.91. The van der Waals surface area contributed by atoms with Crippen molar-refractivity contribution in [2.75, 3.05) is 12.8 Å². The molecule has 0 amide bonds. The molecule has 19 heavy (non-hydrogen) atoms. The Hall–Kier alpha value is -2.56. The maximum absolute atomic E-state index is 5.60. The van der Waals surface area contributed by atoms with Gasteiger partial charge in [-0.15, -0.1) is 0 Å². The Morgan fingerprint density at radius 3 is 2.74 bits per heavy atom. The number of pyridine rings is 1. The molecule has 5 nitrogen and oxygen atoms in total. The molecule has 0 spiro atoms. The number of nitrogens with two attached hydrogens (primary N) is 1. The SMILES string of the molecule is COc1ccc2c(c1)nc(-c1ccc(N)nc1)n2C. The van der Waals surface area contributed by atoms with Crippen LogP contribution < -0.4 is 10.5 Å². The fourth-order valence-electron chi connectivity index (χ4n) is 2.10. The highest BCUT2D eigenvalue weighted by Gasteiger charge is 2.10. The first kappa shape index (κ1) is 11.5. The number of aryl methyl sites for hydroxylation is 1. The Kier molecular flexibility index (Phi) is 2.59. The molecule has 96 valence electrons. The van der Waals surface area contributed by atoms with Crippen molar-refractivity contribution in [1.29, 1.82) is 0 Å². The van der Waals surface area contributed by atoms with Gasteiger partial charge < -0.3 is 15.0 Å². The number of ether oxygens (including phenoxy) is 1. The zero-order valence-electron chi connectivity index (χ0n) is 10.8. The van der Waals surface area contributed by atoms with Crippen LogP contribution in [0.5, 0.6) is 5.75 Å². The molecular weight excluding hydrogens is 240 g/mol. The number of hydrogen-bond donors (Lipinski definition) is 1. The lowest BCUT2D eigenvalue weighted by atomic mass is 10.2. The van der Waals surface area contributed by atoms with Crippen LogP contribution in [0.4, 0.5) is 5.82 Å². The molecule has 0 unspecified atom stereocenters. The third kappa shape index (κ3) is 1.89. The van der Waals surface area contributed by atoms with Crippen molar-refractivity contribution in [2.24, 2.45) is 7.05 Å². The number of imidazole rings is 1. The molecular formula is C14H14N4O. The lowest BCUT2D eigenvalue weighted by Gasteiger charge is -2.02. The topological polar surface area (TPSA) is 66.0 Å². The Balaban J connectivity index is 2.19. The minimum atomic E-state index is 0.504. The van der Waals surface area contributed by atoms with Crippen LogP contribution in [-0.2, 0) is 7.05 Å². The molecule has 0 saturated heterocycles. The highest BCUT2D eigenvalue weighted by Crippen LogP contribution is 2.26. The quantitative estimate of drug-likeness (QED) is 0.761. The maximum atomic E-state index is 5.60. The van der Waals surface area contributed by atoms with Crippen LogP contribution >= 0.6 is 0 Å². The summed E-state index contributed by atoms with van der Waals surface area (Å²) >= 11 is 0. The van der Waals surface area contributed by atoms with Crippen molar-refractivity contribution >= 4 is 16.9 Å². The van der Waals surface area contributed by atoms with Crippen LogP contribution in [0.3, 0.4) is 0 Å². The first-order chi connectivity index (χ1) is 9.19. The van der Waals surface area contributed by atoms with Crippen molar-refractivity contribution in [3.05, 3.63) is 36.5 Å². The Morgan fingerprint density at radius 2 is 2.05 bits per heavy atom. The highest BCUT2D eigenvalue weighted by atomic mass is 16.5. The van der Waals surface area contributed by atoms with Gasteiger partial charge in [0.15, 0.2) is 0 Å². The molecule has 0 fully saturated rings. The second-order valence-electron chi connectivity index (χ2n) is 4.32. The van der Waals surface area contributed by atoms with Crippen LogP contribution in [0.15, 0.2) is 36.5 Å². The largest absolute Gasteiger partial charge is 0.497 e. The zero-order chi connectivity index (χ0) is 13.4.